The molecule has 0 spiro atoms. The van der Waals surface area contributed by atoms with Crippen LogP contribution in [0.1, 0.15) is 43.0 Å². The fourth-order valence-electron chi connectivity index (χ4n) is 5.62. The Labute approximate surface area is 282 Å². The van der Waals surface area contributed by atoms with Crippen LogP contribution < -0.4 is 14.8 Å². The normalized spacial score (nSPS) is 20.1. The summed E-state index contributed by atoms with van der Waals surface area (Å²) in [7, 11) is -2.26. The molecule has 1 aliphatic rings. The van der Waals surface area contributed by atoms with Gasteiger partial charge in [-0.2, -0.15) is 17.6 Å². The summed E-state index contributed by atoms with van der Waals surface area (Å²) in [6, 6.07) is 14.8. The van der Waals surface area contributed by atoms with Gasteiger partial charge in [0.15, 0.2) is 9.84 Å². The van der Waals surface area contributed by atoms with Crippen LogP contribution in [0.3, 0.4) is 0 Å². The van der Waals surface area contributed by atoms with Crippen LogP contribution in [-0.2, 0) is 39.6 Å². The predicted molar refractivity (Wildman–Crippen MR) is 174 cm³/mol. The fourth-order valence-corrected chi connectivity index (χ4v) is 7.58. The number of hydrogen-bond acceptors (Lipinski definition) is 9. The molecule has 4 rings (SSSR count). The van der Waals surface area contributed by atoms with Crippen molar-refractivity contribution in [2.45, 2.75) is 70.2 Å². The first kappa shape index (κ1) is 38.0. The molecule has 3 aromatic rings. The van der Waals surface area contributed by atoms with E-state index in [1.807, 2.05) is 24.3 Å². The van der Waals surface area contributed by atoms with Crippen LogP contribution in [0.25, 0.3) is 0 Å². The Hall–Kier alpha value is -3.79. The molecule has 0 saturated carbocycles. The maximum absolute atomic E-state index is 15.1. The van der Waals surface area contributed by atoms with E-state index in [9.17, 15) is 36.8 Å². The highest BCUT2D eigenvalue weighted by Gasteiger charge is 2.44. The van der Waals surface area contributed by atoms with Gasteiger partial charge in [0.1, 0.15) is 5.75 Å². The summed E-state index contributed by atoms with van der Waals surface area (Å²) in [6.45, 7) is 5.10. The lowest BCUT2D eigenvalue weighted by atomic mass is 9.86. The zero-order valence-corrected chi connectivity index (χ0v) is 28.3. The third kappa shape index (κ3) is 10.4. The van der Waals surface area contributed by atoms with Gasteiger partial charge in [-0.15, -0.1) is 0 Å². The van der Waals surface area contributed by atoms with Crippen LogP contribution in [0.5, 0.6) is 11.5 Å². The number of hydrogen-bond donors (Lipinski definition) is 2. The molecular formula is C34H40F4N2O8S. The summed E-state index contributed by atoms with van der Waals surface area (Å²) < 4.78 is 98.2. The van der Waals surface area contributed by atoms with E-state index >= 15 is 4.39 Å². The Morgan fingerprint density at radius 2 is 1.71 bits per heavy atom. The number of aliphatic hydroxyl groups excluding tert-OH is 1. The van der Waals surface area contributed by atoms with Crippen LogP contribution in [0.15, 0.2) is 60.7 Å². The summed E-state index contributed by atoms with van der Waals surface area (Å²) in [6.07, 6.45) is -9.32. The second kappa shape index (κ2) is 15.4. The van der Waals surface area contributed by atoms with Gasteiger partial charge < -0.3 is 24.6 Å². The largest absolute Gasteiger partial charge is 0.497 e. The number of benzene rings is 3. The monoisotopic (exact) mass is 712 g/mol. The lowest BCUT2D eigenvalue weighted by Gasteiger charge is -2.35. The van der Waals surface area contributed by atoms with Gasteiger partial charge in [0.2, 0.25) is 17.7 Å². The molecule has 1 saturated heterocycles. The van der Waals surface area contributed by atoms with E-state index in [0.29, 0.717) is 11.3 Å². The molecule has 0 bridgehead atoms. The number of nitrogens with one attached hydrogen (secondary N) is 1. The van der Waals surface area contributed by atoms with Crippen molar-refractivity contribution in [1.29, 1.82) is 0 Å². The molecule has 0 aliphatic carbocycles. The van der Waals surface area contributed by atoms with E-state index in [0.717, 1.165) is 23.3 Å². The van der Waals surface area contributed by atoms with Crippen molar-refractivity contribution in [2.24, 2.45) is 5.92 Å². The summed E-state index contributed by atoms with van der Waals surface area (Å²) in [5.74, 6) is -3.80. The molecule has 49 heavy (non-hydrogen) atoms. The number of nitro groups is 1. The third-order valence-electron chi connectivity index (χ3n) is 8.26. The lowest BCUT2D eigenvalue weighted by Crippen LogP contribution is -2.54. The molecule has 1 heterocycles. The Bertz CT molecular complexity index is 1710. The molecule has 0 amide bonds. The van der Waals surface area contributed by atoms with Crippen molar-refractivity contribution in [1.82, 2.24) is 5.32 Å². The molecule has 0 aromatic heterocycles. The number of ether oxygens (including phenoxy) is 3. The van der Waals surface area contributed by atoms with Gasteiger partial charge in [-0.25, -0.2) is 8.42 Å². The minimum absolute atomic E-state index is 0.0871. The second-order valence-corrected chi connectivity index (χ2v) is 15.3. The molecule has 10 nitrogen and oxygen atoms in total. The first-order chi connectivity index (χ1) is 22.9. The first-order valence-electron chi connectivity index (χ1n) is 15.5. The van der Waals surface area contributed by atoms with Crippen LogP contribution in [0.2, 0.25) is 0 Å². The molecule has 2 N–H and O–H groups in total. The van der Waals surface area contributed by atoms with E-state index in [2.05, 4.69) is 26.1 Å². The number of sulfone groups is 1. The third-order valence-corrected chi connectivity index (χ3v) is 10.1. The molecule has 1 aliphatic heterocycles. The van der Waals surface area contributed by atoms with Crippen LogP contribution in [-0.4, -0.2) is 68.1 Å². The van der Waals surface area contributed by atoms with Crippen molar-refractivity contribution in [3.63, 3.8) is 0 Å². The van der Waals surface area contributed by atoms with Gasteiger partial charge in [-0.1, -0.05) is 57.2 Å². The maximum atomic E-state index is 15.1. The number of alkyl halides is 3. The van der Waals surface area contributed by atoms with E-state index in [1.54, 1.807) is 24.3 Å². The Balaban J connectivity index is 1.52. The quantitative estimate of drug-likeness (QED) is 0.130. The number of halogens is 4. The van der Waals surface area contributed by atoms with Gasteiger partial charge in [0, 0.05) is 18.5 Å². The van der Waals surface area contributed by atoms with E-state index in [-0.39, 0.29) is 36.3 Å². The Kier molecular flexibility index (Phi) is 11.9. The number of nitrogens with zero attached hydrogens (tertiary/aromatic N) is 1. The highest BCUT2D eigenvalue weighted by Crippen LogP contribution is 2.37. The topological polar surface area (TPSA) is 137 Å². The molecular weight excluding hydrogens is 672 g/mol. The van der Waals surface area contributed by atoms with Gasteiger partial charge in [-0.05, 0) is 58.4 Å². The molecule has 3 aromatic carbocycles. The van der Waals surface area contributed by atoms with Gasteiger partial charge >= 0.3 is 11.9 Å². The van der Waals surface area contributed by atoms with Crippen molar-refractivity contribution >= 4 is 15.5 Å². The Morgan fingerprint density at radius 3 is 2.33 bits per heavy atom. The van der Waals surface area contributed by atoms with Crippen LogP contribution in [0.4, 0.5) is 23.2 Å². The minimum Gasteiger partial charge on any atom is -0.497 e. The maximum Gasteiger partial charge on any atom is 0.427 e. The number of rotatable bonds is 13. The standard InChI is InChI=1S/C34H40F4N2O8S/c1-33(2,3)25-7-5-6-22(13-25)16-39-28-20-49(44,45)19-24(32(28)41)12-23-14-27(35)31(40(42)43)29(15-23)48-30(34(36,37)38)18-47-17-21-8-10-26(46-4)11-9-21/h5-11,13-15,24,28,30,32,39,41H,12,16-20H2,1-4H3/t24-,28+,30-,32+/m1/s1. The van der Waals surface area contributed by atoms with Crippen molar-refractivity contribution < 1.29 is 50.2 Å². The molecule has 4 atom stereocenters. The molecule has 15 heteroatoms. The highest BCUT2D eigenvalue weighted by atomic mass is 32.2. The van der Waals surface area contributed by atoms with Crippen molar-refractivity contribution in [3.8, 4) is 11.5 Å². The minimum atomic E-state index is -5.06. The smallest absolute Gasteiger partial charge is 0.427 e. The van der Waals surface area contributed by atoms with Gasteiger partial charge in [0.05, 0.1) is 42.9 Å². The highest BCUT2D eigenvalue weighted by molar-refractivity contribution is 7.91. The predicted octanol–water partition coefficient (Wildman–Crippen LogP) is 5.67. The number of nitro benzene ring substituents is 1. The number of methoxy groups -OCH3 is 1. The van der Waals surface area contributed by atoms with Crippen LogP contribution >= 0.6 is 0 Å². The van der Waals surface area contributed by atoms with Crippen LogP contribution in [0, 0.1) is 21.8 Å². The van der Waals surface area contributed by atoms with Crippen molar-refractivity contribution in [2.75, 3.05) is 25.2 Å². The fraction of sp³-hybridized carbons (Fsp3) is 0.471. The second-order valence-electron chi connectivity index (χ2n) is 13.2. The van der Waals surface area contributed by atoms with E-state index in [4.69, 9.17) is 14.2 Å². The number of aliphatic hydroxyl groups is 1. The van der Waals surface area contributed by atoms with Gasteiger partial charge in [0.25, 0.3) is 0 Å². The average molecular weight is 713 g/mol. The molecule has 268 valence electrons. The zero-order chi connectivity index (χ0) is 36.1. The SMILES string of the molecule is COc1ccc(COC[C@@H](Oc2cc(C[C@@H]3CS(=O)(=O)C[C@H](NCc4cccc(C(C)(C)C)c4)[C@H]3O)cc(F)c2[N+](=O)[O-])C(F)(F)F)cc1. The summed E-state index contributed by atoms with van der Waals surface area (Å²) in [4.78, 5) is 10.5. The Morgan fingerprint density at radius 1 is 1.02 bits per heavy atom. The average Bonchev–Trinajstić information content (AvgIpc) is 3.00. The first-order valence-corrected chi connectivity index (χ1v) is 17.3. The summed E-state index contributed by atoms with van der Waals surface area (Å²) >= 11 is 0. The van der Waals surface area contributed by atoms with Gasteiger partial charge in [-0.3, -0.25) is 10.1 Å². The van der Waals surface area contributed by atoms with E-state index in [1.165, 1.54) is 7.11 Å². The molecule has 0 radical (unpaired) electrons. The summed E-state index contributed by atoms with van der Waals surface area (Å²) in [5.41, 5.74) is 0.926. The molecule has 1 fully saturated rings. The zero-order valence-electron chi connectivity index (χ0n) is 27.5. The summed E-state index contributed by atoms with van der Waals surface area (Å²) in [5, 5.41) is 26.0. The van der Waals surface area contributed by atoms with Crippen molar-refractivity contribution in [3.05, 3.63) is 98.8 Å². The molecule has 0 unspecified atom stereocenters. The lowest BCUT2D eigenvalue weighted by molar-refractivity contribution is -0.389. The van der Waals surface area contributed by atoms with E-state index < -0.39 is 74.7 Å².